The topological polar surface area (TPSA) is 35.5 Å². The fraction of sp³-hybridized carbons (Fsp3) is 1.00. The molecule has 0 aromatic carbocycles. The third-order valence-corrected chi connectivity index (χ3v) is 3.91. The van der Waals surface area contributed by atoms with E-state index in [1.807, 2.05) is 7.05 Å². The number of nitrogens with zero attached hydrogens (tertiary/aromatic N) is 1. The van der Waals surface area contributed by atoms with E-state index in [-0.39, 0.29) is 12.1 Å². The highest BCUT2D eigenvalue weighted by atomic mass is 16.3. The van der Waals surface area contributed by atoms with Crippen molar-refractivity contribution in [1.29, 1.82) is 0 Å². The molecule has 0 saturated carbocycles. The second-order valence-electron chi connectivity index (χ2n) is 4.93. The molecule has 0 amide bonds. The Morgan fingerprint density at radius 2 is 1.76 bits per heavy atom. The lowest BCUT2D eigenvalue weighted by Gasteiger charge is -2.31. The standard InChI is InChI=1S/C14H32N2O/c1-5-8-11-16(7-3)12-9-10-14(6-2,13-17)15-4/h15,17H,5-13H2,1-4H3. The molecule has 0 aromatic rings. The van der Waals surface area contributed by atoms with Gasteiger partial charge in [-0.3, -0.25) is 0 Å². The van der Waals surface area contributed by atoms with Crippen LogP contribution in [0.1, 0.15) is 52.9 Å². The summed E-state index contributed by atoms with van der Waals surface area (Å²) in [7, 11) is 1.95. The van der Waals surface area contributed by atoms with Gasteiger partial charge in [-0.15, -0.1) is 0 Å². The van der Waals surface area contributed by atoms with Crippen molar-refractivity contribution in [2.24, 2.45) is 0 Å². The van der Waals surface area contributed by atoms with E-state index in [1.165, 1.54) is 19.4 Å². The lowest BCUT2D eigenvalue weighted by atomic mass is 9.91. The summed E-state index contributed by atoms with van der Waals surface area (Å²) < 4.78 is 0. The van der Waals surface area contributed by atoms with Crippen LogP contribution in [0.15, 0.2) is 0 Å². The minimum Gasteiger partial charge on any atom is -0.394 e. The average Bonchev–Trinajstić information content (AvgIpc) is 2.39. The van der Waals surface area contributed by atoms with Crippen LogP contribution in [0.4, 0.5) is 0 Å². The maximum Gasteiger partial charge on any atom is 0.0613 e. The molecule has 0 saturated heterocycles. The van der Waals surface area contributed by atoms with E-state index in [1.54, 1.807) is 0 Å². The number of nitrogens with one attached hydrogen (secondary N) is 1. The van der Waals surface area contributed by atoms with Crippen LogP contribution >= 0.6 is 0 Å². The van der Waals surface area contributed by atoms with E-state index >= 15 is 0 Å². The van der Waals surface area contributed by atoms with E-state index in [0.29, 0.717) is 0 Å². The maximum atomic E-state index is 9.46. The van der Waals surface area contributed by atoms with Crippen LogP contribution in [-0.4, -0.2) is 48.8 Å². The van der Waals surface area contributed by atoms with Crippen molar-refractivity contribution in [3.8, 4) is 0 Å². The molecule has 1 atom stereocenters. The van der Waals surface area contributed by atoms with Crippen LogP contribution in [0.3, 0.4) is 0 Å². The van der Waals surface area contributed by atoms with E-state index < -0.39 is 0 Å². The molecule has 3 nitrogen and oxygen atoms in total. The first-order chi connectivity index (χ1) is 8.17. The molecule has 0 aromatic heterocycles. The summed E-state index contributed by atoms with van der Waals surface area (Å²) in [6, 6.07) is 0. The lowest BCUT2D eigenvalue weighted by Crippen LogP contribution is -2.46. The minimum atomic E-state index is -0.0653. The molecule has 2 N–H and O–H groups in total. The second-order valence-corrected chi connectivity index (χ2v) is 4.93. The third kappa shape index (κ3) is 6.39. The Morgan fingerprint density at radius 1 is 1.12 bits per heavy atom. The summed E-state index contributed by atoms with van der Waals surface area (Å²) in [4.78, 5) is 2.51. The van der Waals surface area contributed by atoms with Crippen molar-refractivity contribution in [2.45, 2.75) is 58.4 Å². The molecule has 3 heteroatoms. The zero-order chi connectivity index (χ0) is 13.1. The fourth-order valence-corrected chi connectivity index (χ4v) is 2.20. The Bertz CT molecular complexity index is 161. The molecule has 0 aliphatic carbocycles. The van der Waals surface area contributed by atoms with Crippen molar-refractivity contribution in [1.82, 2.24) is 10.2 Å². The monoisotopic (exact) mass is 244 g/mol. The molecule has 0 bridgehead atoms. The Hall–Kier alpha value is -0.120. The van der Waals surface area contributed by atoms with Crippen LogP contribution in [0, 0.1) is 0 Å². The number of aliphatic hydroxyl groups excluding tert-OH is 1. The molecule has 1 unspecified atom stereocenters. The zero-order valence-corrected chi connectivity index (χ0v) is 12.3. The molecule has 0 aliphatic heterocycles. The number of hydrogen-bond donors (Lipinski definition) is 2. The van der Waals surface area contributed by atoms with E-state index in [9.17, 15) is 5.11 Å². The quantitative estimate of drug-likeness (QED) is 0.585. The maximum absolute atomic E-state index is 9.46. The average molecular weight is 244 g/mol. The van der Waals surface area contributed by atoms with Gasteiger partial charge in [0.25, 0.3) is 0 Å². The summed E-state index contributed by atoms with van der Waals surface area (Å²) in [5.41, 5.74) is -0.0653. The van der Waals surface area contributed by atoms with Gasteiger partial charge in [-0.1, -0.05) is 27.2 Å². The Labute approximate surface area is 108 Å². The second kappa shape index (κ2) is 9.86. The van der Waals surface area contributed by atoms with Gasteiger partial charge in [0.05, 0.1) is 6.61 Å². The van der Waals surface area contributed by atoms with Crippen LogP contribution < -0.4 is 5.32 Å². The van der Waals surface area contributed by atoms with Crippen LogP contribution in [0.2, 0.25) is 0 Å². The largest absolute Gasteiger partial charge is 0.394 e. The molecular formula is C14H32N2O. The predicted molar refractivity (Wildman–Crippen MR) is 75.4 cm³/mol. The van der Waals surface area contributed by atoms with E-state index in [4.69, 9.17) is 0 Å². The molecule has 0 spiro atoms. The minimum absolute atomic E-state index is 0.0653. The van der Waals surface area contributed by atoms with Crippen molar-refractivity contribution < 1.29 is 5.11 Å². The molecule has 17 heavy (non-hydrogen) atoms. The van der Waals surface area contributed by atoms with Crippen molar-refractivity contribution in [3.05, 3.63) is 0 Å². The van der Waals surface area contributed by atoms with Gasteiger partial charge in [0.15, 0.2) is 0 Å². The van der Waals surface area contributed by atoms with Gasteiger partial charge < -0.3 is 15.3 Å². The Balaban J connectivity index is 3.92. The van der Waals surface area contributed by atoms with E-state index in [2.05, 4.69) is 31.0 Å². The predicted octanol–water partition coefficient (Wildman–Crippen LogP) is 2.25. The first-order valence-electron chi connectivity index (χ1n) is 7.20. The molecule has 0 fully saturated rings. The lowest BCUT2D eigenvalue weighted by molar-refractivity contribution is 0.146. The third-order valence-electron chi connectivity index (χ3n) is 3.91. The summed E-state index contributed by atoms with van der Waals surface area (Å²) in [5, 5.41) is 12.7. The molecule has 0 aliphatic rings. The van der Waals surface area contributed by atoms with Crippen molar-refractivity contribution in [2.75, 3.05) is 33.3 Å². The van der Waals surface area contributed by atoms with Crippen molar-refractivity contribution in [3.63, 3.8) is 0 Å². The highest BCUT2D eigenvalue weighted by Gasteiger charge is 2.24. The van der Waals surface area contributed by atoms with Crippen LogP contribution in [-0.2, 0) is 0 Å². The van der Waals surface area contributed by atoms with Crippen molar-refractivity contribution >= 4 is 0 Å². The number of likely N-dealkylation sites (N-methyl/N-ethyl adjacent to an activating group) is 1. The molecule has 0 radical (unpaired) electrons. The summed E-state index contributed by atoms with van der Waals surface area (Å²) in [5.74, 6) is 0. The molecule has 0 rings (SSSR count). The van der Waals surface area contributed by atoms with Gasteiger partial charge in [0.2, 0.25) is 0 Å². The highest BCUT2D eigenvalue weighted by molar-refractivity contribution is 4.84. The first-order valence-corrected chi connectivity index (χ1v) is 7.20. The normalized spacial score (nSPS) is 15.2. The number of hydrogen-bond acceptors (Lipinski definition) is 3. The molecule has 104 valence electrons. The van der Waals surface area contributed by atoms with Crippen LogP contribution in [0.25, 0.3) is 0 Å². The molecular weight excluding hydrogens is 212 g/mol. The zero-order valence-electron chi connectivity index (χ0n) is 12.3. The summed E-state index contributed by atoms with van der Waals surface area (Å²) >= 11 is 0. The smallest absolute Gasteiger partial charge is 0.0613 e. The first kappa shape index (κ1) is 16.9. The number of aliphatic hydroxyl groups is 1. The Kier molecular flexibility index (Phi) is 9.79. The Morgan fingerprint density at radius 3 is 2.18 bits per heavy atom. The van der Waals surface area contributed by atoms with Gasteiger partial charge in [0, 0.05) is 5.54 Å². The number of rotatable bonds is 11. The fourth-order valence-electron chi connectivity index (χ4n) is 2.20. The summed E-state index contributed by atoms with van der Waals surface area (Å²) in [6.07, 6.45) is 5.76. The molecule has 0 heterocycles. The number of unbranched alkanes of at least 4 members (excludes halogenated alkanes) is 1. The van der Waals surface area contributed by atoms with Gasteiger partial charge >= 0.3 is 0 Å². The summed E-state index contributed by atoms with van der Waals surface area (Å²) in [6.45, 7) is 10.3. The van der Waals surface area contributed by atoms with Gasteiger partial charge in [-0.05, 0) is 52.4 Å². The van der Waals surface area contributed by atoms with Gasteiger partial charge in [-0.2, -0.15) is 0 Å². The van der Waals surface area contributed by atoms with Gasteiger partial charge in [-0.25, -0.2) is 0 Å². The van der Waals surface area contributed by atoms with Crippen LogP contribution in [0.5, 0.6) is 0 Å². The van der Waals surface area contributed by atoms with E-state index in [0.717, 1.165) is 32.4 Å². The highest BCUT2D eigenvalue weighted by Crippen LogP contribution is 2.16. The van der Waals surface area contributed by atoms with Gasteiger partial charge in [0.1, 0.15) is 0 Å². The SMILES string of the molecule is CCCCN(CC)CCCC(CC)(CO)NC.